The molecule has 0 radical (unpaired) electrons. The average molecular weight is 486 g/mol. The van der Waals surface area contributed by atoms with Crippen molar-refractivity contribution in [2.45, 2.75) is 43.9 Å². The molecule has 8 heteroatoms. The van der Waals surface area contributed by atoms with E-state index >= 15 is 0 Å². The van der Waals surface area contributed by atoms with Gasteiger partial charge in [-0.05, 0) is 32.1 Å². The highest BCUT2D eigenvalue weighted by molar-refractivity contribution is 14.0. The lowest BCUT2D eigenvalue weighted by Crippen LogP contribution is -2.38. The number of aromatic nitrogens is 1. The maximum atomic E-state index is 9.12. The van der Waals surface area contributed by atoms with Gasteiger partial charge in [-0.15, -0.1) is 35.3 Å². The van der Waals surface area contributed by atoms with Crippen molar-refractivity contribution in [3.63, 3.8) is 0 Å². The molecule has 0 bridgehead atoms. The van der Waals surface area contributed by atoms with Gasteiger partial charge >= 0.3 is 0 Å². The summed E-state index contributed by atoms with van der Waals surface area (Å²) in [6.07, 6.45) is 6.01. The van der Waals surface area contributed by atoms with E-state index in [1.165, 1.54) is 0 Å². The summed E-state index contributed by atoms with van der Waals surface area (Å²) in [5, 5.41) is 17.8. The van der Waals surface area contributed by atoms with Gasteiger partial charge in [0.2, 0.25) is 0 Å². The summed E-state index contributed by atoms with van der Waals surface area (Å²) < 4.78 is 1.14. The van der Waals surface area contributed by atoms with Gasteiger partial charge in [0, 0.05) is 43.6 Å². The van der Waals surface area contributed by atoms with Crippen LogP contribution in [-0.4, -0.2) is 48.0 Å². The Labute approximate surface area is 171 Å². The molecule has 1 aromatic heterocycles. The summed E-state index contributed by atoms with van der Waals surface area (Å²) in [6.45, 7) is 7.04. The first-order valence-corrected chi connectivity index (χ1v) is 10.3. The molecule has 0 aliphatic rings. The van der Waals surface area contributed by atoms with E-state index < -0.39 is 0 Å². The van der Waals surface area contributed by atoms with Gasteiger partial charge in [-0.3, -0.25) is 4.99 Å². The number of guanidine groups is 1. The predicted octanol–water partition coefficient (Wildman–Crippen LogP) is 3.60. The fourth-order valence-electron chi connectivity index (χ4n) is 2.20. The SMILES string of the molecule is CCCC(CCO)CN=C(NCC)NCCCSc1nccs1.I. The number of aliphatic hydroxyl groups excluding tert-OH is 1. The molecular formula is C16H31IN4OS2. The second-order valence-electron chi connectivity index (χ2n) is 5.31. The van der Waals surface area contributed by atoms with E-state index in [1.807, 2.05) is 11.6 Å². The van der Waals surface area contributed by atoms with Crippen LogP contribution in [-0.2, 0) is 0 Å². The second kappa shape index (κ2) is 16.4. The molecule has 0 saturated carbocycles. The fourth-order valence-corrected chi connectivity index (χ4v) is 3.85. The molecule has 5 nitrogen and oxygen atoms in total. The van der Waals surface area contributed by atoms with Crippen LogP contribution in [0.5, 0.6) is 0 Å². The molecule has 3 N–H and O–H groups in total. The maximum Gasteiger partial charge on any atom is 0.191 e. The number of thioether (sulfide) groups is 1. The summed E-state index contributed by atoms with van der Waals surface area (Å²) >= 11 is 3.49. The number of aliphatic hydroxyl groups is 1. The summed E-state index contributed by atoms with van der Waals surface area (Å²) in [6, 6.07) is 0. The van der Waals surface area contributed by atoms with Crippen molar-refractivity contribution >= 4 is 53.0 Å². The number of rotatable bonds is 12. The van der Waals surface area contributed by atoms with E-state index in [0.29, 0.717) is 5.92 Å². The van der Waals surface area contributed by atoms with Crippen molar-refractivity contribution in [2.24, 2.45) is 10.9 Å². The van der Waals surface area contributed by atoms with Crippen LogP contribution in [0.4, 0.5) is 0 Å². The lowest BCUT2D eigenvalue weighted by Gasteiger charge is -2.15. The van der Waals surface area contributed by atoms with Gasteiger partial charge in [-0.1, -0.05) is 25.1 Å². The van der Waals surface area contributed by atoms with Crippen LogP contribution >= 0.6 is 47.1 Å². The van der Waals surface area contributed by atoms with E-state index in [9.17, 15) is 0 Å². The minimum absolute atomic E-state index is 0. The highest BCUT2D eigenvalue weighted by Gasteiger charge is 2.07. The summed E-state index contributed by atoms with van der Waals surface area (Å²) in [4.78, 5) is 8.93. The van der Waals surface area contributed by atoms with Crippen LogP contribution in [0.15, 0.2) is 20.9 Å². The number of thiazole rings is 1. The molecule has 1 rings (SSSR count). The third-order valence-electron chi connectivity index (χ3n) is 3.33. The molecular weight excluding hydrogens is 455 g/mol. The fraction of sp³-hybridized carbons (Fsp3) is 0.750. The molecule has 1 aromatic rings. The lowest BCUT2D eigenvalue weighted by molar-refractivity contribution is 0.253. The molecule has 0 aliphatic carbocycles. The van der Waals surface area contributed by atoms with Gasteiger partial charge in [-0.25, -0.2) is 4.98 Å². The molecule has 1 heterocycles. The first-order chi connectivity index (χ1) is 11.3. The van der Waals surface area contributed by atoms with Gasteiger partial charge in [0.05, 0.1) is 0 Å². The molecule has 0 saturated heterocycles. The zero-order valence-corrected chi connectivity index (χ0v) is 18.6. The molecule has 0 aromatic carbocycles. The summed E-state index contributed by atoms with van der Waals surface area (Å²) in [7, 11) is 0. The Bertz CT molecular complexity index is 412. The third kappa shape index (κ3) is 11.5. The number of hydrogen-bond donors (Lipinski definition) is 3. The van der Waals surface area contributed by atoms with Gasteiger partial charge < -0.3 is 15.7 Å². The van der Waals surface area contributed by atoms with E-state index in [2.05, 4.69) is 34.5 Å². The minimum Gasteiger partial charge on any atom is -0.396 e. The predicted molar refractivity (Wildman–Crippen MR) is 117 cm³/mol. The van der Waals surface area contributed by atoms with Crippen LogP contribution in [0, 0.1) is 5.92 Å². The van der Waals surface area contributed by atoms with Crippen molar-refractivity contribution in [2.75, 3.05) is 32.0 Å². The summed E-state index contributed by atoms with van der Waals surface area (Å²) in [5.74, 6) is 2.41. The number of halogens is 1. The smallest absolute Gasteiger partial charge is 0.191 e. The average Bonchev–Trinajstić information content (AvgIpc) is 3.05. The minimum atomic E-state index is 0. The van der Waals surface area contributed by atoms with Crippen LogP contribution in [0.1, 0.15) is 39.5 Å². The molecule has 0 spiro atoms. The van der Waals surface area contributed by atoms with E-state index in [0.717, 1.165) is 61.4 Å². The Morgan fingerprint density at radius 1 is 1.38 bits per heavy atom. The van der Waals surface area contributed by atoms with Crippen molar-refractivity contribution in [1.29, 1.82) is 0 Å². The van der Waals surface area contributed by atoms with Crippen molar-refractivity contribution in [3.05, 3.63) is 11.6 Å². The van der Waals surface area contributed by atoms with Crippen molar-refractivity contribution in [1.82, 2.24) is 15.6 Å². The maximum absolute atomic E-state index is 9.12. The van der Waals surface area contributed by atoms with E-state index in [4.69, 9.17) is 5.11 Å². The molecule has 24 heavy (non-hydrogen) atoms. The normalized spacial score (nSPS) is 12.5. The number of nitrogens with zero attached hydrogens (tertiary/aromatic N) is 2. The second-order valence-corrected chi connectivity index (χ2v) is 7.55. The monoisotopic (exact) mass is 486 g/mol. The van der Waals surface area contributed by atoms with Crippen molar-refractivity contribution < 1.29 is 5.11 Å². The molecule has 0 amide bonds. The number of hydrogen-bond acceptors (Lipinski definition) is 5. The van der Waals surface area contributed by atoms with E-state index in [1.54, 1.807) is 23.1 Å². The van der Waals surface area contributed by atoms with Crippen LogP contribution in [0.2, 0.25) is 0 Å². The first kappa shape index (κ1) is 23.9. The molecule has 0 fully saturated rings. The molecule has 1 atom stereocenters. The van der Waals surface area contributed by atoms with Crippen LogP contribution < -0.4 is 10.6 Å². The molecule has 1 unspecified atom stereocenters. The zero-order valence-electron chi connectivity index (χ0n) is 14.7. The quantitative estimate of drug-likeness (QED) is 0.139. The molecule has 140 valence electrons. The van der Waals surface area contributed by atoms with Crippen molar-refractivity contribution in [3.8, 4) is 0 Å². The van der Waals surface area contributed by atoms with Gasteiger partial charge in [0.1, 0.15) is 4.34 Å². The number of nitrogens with one attached hydrogen (secondary N) is 2. The highest BCUT2D eigenvalue weighted by Crippen LogP contribution is 2.20. The lowest BCUT2D eigenvalue weighted by atomic mass is 10.0. The Kier molecular flexibility index (Phi) is 16.4. The first-order valence-electron chi connectivity index (χ1n) is 8.45. The summed E-state index contributed by atoms with van der Waals surface area (Å²) in [5.41, 5.74) is 0. The van der Waals surface area contributed by atoms with Crippen LogP contribution in [0.25, 0.3) is 0 Å². The van der Waals surface area contributed by atoms with Crippen LogP contribution in [0.3, 0.4) is 0 Å². The Morgan fingerprint density at radius 3 is 2.83 bits per heavy atom. The highest BCUT2D eigenvalue weighted by atomic mass is 127. The topological polar surface area (TPSA) is 69.5 Å². The Morgan fingerprint density at radius 2 is 2.21 bits per heavy atom. The largest absolute Gasteiger partial charge is 0.396 e. The third-order valence-corrected chi connectivity index (χ3v) is 5.39. The van der Waals surface area contributed by atoms with Gasteiger partial charge in [0.15, 0.2) is 5.96 Å². The molecule has 0 aliphatic heterocycles. The van der Waals surface area contributed by atoms with Gasteiger partial charge in [0.25, 0.3) is 0 Å². The Hall–Kier alpha value is -0.0600. The Balaban J connectivity index is 0.00000529. The zero-order chi connectivity index (χ0) is 16.8. The number of aliphatic imine (C=N–C) groups is 1. The standard InChI is InChI=1S/C16H30N4OS2.HI/c1-3-6-14(7-10-21)13-20-15(17-4-2)18-8-5-11-22-16-19-9-12-23-16;/h9,12,14,21H,3-8,10-11,13H2,1-2H3,(H2,17,18,20);1H. The van der Waals surface area contributed by atoms with Gasteiger partial charge in [-0.2, -0.15) is 0 Å². The van der Waals surface area contributed by atoms with E-state index in [-0.39, 0.29) is 30.6 Å².